The smallest absolute Gasteiger partial charge is 0.167 e. The van der Waals surface area contributed by atoms with Gasteiger partial charge >= 0.3 is 0 Å². The number of hydrogen-bond acceptors (Lipinski definition) is 3. The Kier molecular flexibility index (Phi) is 4.69. The van der Waals surface area contributed by atoms with E-state index in [4.69, 9.17) is 16.3 Å². The lowest BCUT2D eigenvalue weighted by atomic mass is 10.2. The minimum absolute atomic E-state index is 0.147. The van der Waals surface area contributed by atoms with Crippen LogP contribution in [0.25, 0.3) is 0 Å². The van der Waals surface area contributed by atoms with Gasteiger partial charge in [0.2, 0.25) is 0 Å². The minimum atomic E-state index is -0.424. The quantitative estimate of drug-likeness (QED) is 0.869. The first-order valence-electron chi connectivity index (χ1n) is 6.23. The van der Waals surface area contributed by atoms with Crippen molar-refractivity contribution in [2.75, 3.05) is 11.9 Å². The van der Waals surface area contributed by atoms with Crippen LogP contribution in [0.2, 0.25) is 5.02 Å². The van der Waals surface area contributed by atoms with Crippen LogP contribution in [0, 0.1) is 5.82 Å². The SMILES string of the molecule is CCOc1ccc(NCc2cc(Cl)ccc2O)cc1F. The zero-order chi connectivity index (χ0) is 14.5. The fraction of sp³-hybridized carbons (Fsp3) is 0.200. The molecule has 0 atom stereocenters. The molecular weight excluding hydrogens is 281 g/mol. The largest absolute Gasteiger partial charge is 0.508 e. The fourth-order valence-electron chi connectivity index (χ4n) is 1.78. The molecule has 0 aliphatic carbocycles. The second kappa shape index (κ2) is 6.48. The molecule has 0 saturated carbocycles. The molecule has 0 saturated heterocycles. The third kappa shape index (κ3) is 3.54. The van der Waals surface area contributed by atoms with Crippen LogP contribution in [0.3, 0.4) is 0 Å². The predicted octanol–water partition coefficient (Wildman–Crippen LogP) is 4.20. The number of halogens is 2. The first kappa shape index (κ1) is 14.5. The molecule has 3 nitrogen and oxygen atoms in total. The second-order valence-corrected chi connectivity index (χ2v) is 4.64. The van der Waals surface area contributed by atoms with Crippen molar-refractivity contribution in [1.82, 2.24) is 0 Å². The highest BCUT2D eigenvalue weighted by Crippen LogP contribution is 2.24. The fourth-order valence-corrected chi connectivity index (χ4v) is 1.97. The van der Waals surface area contributed by atoms with Crippen LogP contribution in [0.5, 0.6) is 11.5 Å². The Bertz CT molecular complexity index is 604. The molecule has 0 radical (unpaired) electrons. The molecule has 0 bridgehead atoms. The molecular formula is C15H15ClFNO2. The molecule has 0 aromatic heterocycles. The average molecular weight is 296 g/mol. The average Bonchev–Trinajstić information content (AvgIpc) is 2.43. The molecule has 5 heteroatoms. The van der Waals surface area contributed by atoms with Crippen molar-refractivity contribution in [1.29, 1.82) is 0 Å². The molecule has 0 fully saturated rings. The molecule has 0 heterocycles. The van der Waals surface area contributed by atoms with Crippen molar-refractivity contribution in [3.8, 4) is 11.5 Å². The third-order valence-electron chi connectivity index (χ3n) is 2.76. The van der Waals surface area contributed by atoms with Crippen molar-refractivity contribution in [2.24, 2.45) is 0 Å². The Morgan fingerprint density at radius 3 is 2.75 bits per heavy atom. The predicted molar refractivity (Wildman–Crippen MR) is 78.0 cm³/mol. The highest BCUT2D eigenvalue weighted by molar-refractivity contribution is 6.30. The number of phenols is 1. The van der Waals surface area contributed by atoms with Crippen LogP contribution in [0.4, 0.5) is 10.1 Å². The first-order chi connectivity index (χ1) is 9.60. The Hall–Kier alpha value is -1.94. The van der Waals surface area contributed by atoms with Gasteiger partial charge in [-0.05, 0) is 37.3 Å². The van der Waals surface area contributed by atoms with E-state index in [2.05, 4.69) is 5.32 Å². The topological polar surface area (TPSA) is 41.5 Å². The summed E-state index contributed by atoms with van der Waals surface area (Å²) in [6.07, 6.45) is 0. The summed E-state index contributed by atoms with van der Waals surface area (Å²) in [7, 11) is 0. The summed E-state index contributed by atoms with van der Waals surface area (Å²) in [6, 6.07) is 9.44. The first-order valence-corrected chi connectivity index (χ1v) is 6.61. The van der Waals surface area contributed by atoms with Crippen molar-refractivity contribution in [3.05, 3.63) is 52.8 Å². The highest BCUT2D eigenvalue weighted by Gasteiger charge is 2.06. The van der Waals surface area contributed by atoms with Crippen LogP contribution < -0.4 is 10.1 Å². The number of benzene rings is 2. The van der Waals surface area contributed by atoms with E-state index in [9.17, 15) is 9.50 Å². The van der Waals surface area contributed by atoms with Gasteiger partial charge in [-0.3, -0.25) is 0 Å². The van der Waals surface area contributed by atoms with E-state index in [1.807, 2.05) is 0 Å². The molecule has 20 heavy (non-hydrogen) atoms. The van der Waals surface area contributed by atoms with Gasteiger partial charge in [-0.1, -0.05) is 11.6 Å². The van der Waals surface area contributed by atoms with Crippen LogP contribution in [-0.2, 0) is 6.54 Å². The van der Waals surface area contributed by atoms with Gasteiger partial charge in [0.05, 0.1) is 6.61 Å². The summed E-state index contributed by atoms with van der Waals surface area (Å²) in [5, 5.41) is 13.3. The minimum Gasteiger partial charge on any atom is -0.508 e. The molecule has 0 amide bonds. The highest BCUT2D eigenvalue weighted by atomic mass is 35.5. The Morgan fingerprint density at radius 2 is 2.05 bits per heavy atom. The van der Waals surface area contributed by atoms with Gasteiger partial charge in [0.15, 0.2) is 11.6 Å². The molecule has 106 valence electrons. The Morgan fingerprint density at radius 1 is 1.25 bits per heavy atom. The molecule has 0 spiro atoms. The van der Waals surface area contributed by atoms with E-state index < -0.39 is 5.82 Å². The monoisotopic (exact) mass is 295 g/mol. The van der Waals surface area contributed by atoms with Crippen LogP contribution >= 0.6 is 11.6 Å². The molecule has 2 rings (SSSR count). The second-order valence-electron chi connectivity index (χ2n) is 4.20. The maximum absolute atomic E-state index is 13.7. The third-order valence-corrected chi connectivity index (χ3v) is 2.99. The summed E-state index contributed by atoms with van der Waals surface area (Å²) in [5.41, 5.74) is 1.25. The van der Waals surface area contributed by atoms with Gasteiger partial charge in [0.25, 0.3) is 0 Å². The van der Waals surface area contributed by atoms with Crippen molar-refractivity contribution in [3.63, 3.8) is 0 Å². The van der Waals surface area contributed by atoms with E-state index in [0.29, 0.717) is 29.4 Å². The number of rotatable bonds is 5. The van der Waals surface area contributed by atoms with Gasteiger partial charge in [-0.15, -0.1) is 0 Å². The normalized spacial score (nSPS) is 10.3. The van der Waals surface area contributed by atoms with Gasteiger partial charge in [-0.25, -0.2) is 4.39 Å². The van der Waals surface area contributed by atoms with Gasteiger partial charge < -0.3 is 15.2 Å². The molecule has 2 N–H and O–H groups in total. The van der Waals surface area contributed by atoms with Crippen LogP contribution in [0.1, 0.15) is 12.5 Å². The summed E-state index contributed by atoms with van der Waals surface area (Å²) in [5.74, 6) is -0.0517. The number of aromatic hydroxyl groups is 1. The van der Waals surface area contributed by atoms with Gasteiger partial charge in [-0.2, -0.15) is 0 Å². The molecule has 2 aromatic rings. The van der Waals surface area contributed by atoms with Gasteiger partial charge in [0, 0.05) is 28.9 Å². The summed E-state index contributed by atoms with van der Waals surface area (Å²) >= 11 is 5.86. The van der Waals surface area contributed by atoms with E-state index in [0.717, 1.165) is 0 Å². The lowest BCUT2D eigenvalue weighted by Gasteiger charge is -2.10. The summed E-state index contributed by atoms with van der Waals surface area (Å²) in [6.45, 7) is 2.56. The maximum atomic E-state index is 13.7. The van der Waals surface area contributed by atoms with Crippen molar-refractivity contribution in [2.45, 2.75) is 13.5 Å². The summed E-state index contributed by atoms with van der Waals surface area (Å²) < 4.78 is 18.8. The molecule has 2 aromatic carbocycles. The number of phenolic OH excluding ortho intramolecular Hbond substituents is 1. The summed E-state index contributed by atoms with van der Waals surface area (Å²) in [4.78, 5) is 0. The van der Waals surface area contributed by atoms with E-state index >= 15 is 0 Å². The molecule has 0 aliphatic heterocycles. The van der Waals surface area contributed by atoms with E-state index in [1.54, 1.807) is 31.2 Å². The van der Waals surface area contributed by atoms with Crippen molar-refractivity contribution < 1.29 is 14.2 Å². The van der Waals surface area contributed by atoms with Gasteiger partial charge in [0.1, 0.15) is 5.75 Å². The Labute approximate surface area is 122 Å². The molecule has 0 aliphatic rings. The zero-order valence-electron chi connectivity index (χ0n) is 11.0. The maximum Gasteiger partial charge on any atom is 0.167 e. The number of anilines is 1. The van der Waals surface area contributed by atoms with E-state index in [1.165, 1.54) is 12.1 Å². The van der Waals surface area contributed by atoms with E-state index in [-0.39, 0.29) is 11.5 Å². The molecule has 0 unspecified atom stereocenters. The lowest BCUT2D eigenvalue weighted by Crippen LogP contribution is -2.01. The van der Waals surface area contributed by atoms with Crippen LogP contribution in [-0.4, -0.2) is 11.7 Å². The van der Waals surface area contributed by atoms with Crippen molar-refractivity contribution >= 4 is 17.3 Å². The zero-order valence-corrected chi connectivity index (χ0v) is 11.7. The number of hydrogen-bond donors (Lipinski definition) is 2. The number of nitrogens with one attached hydrogen (secondary N) is 1. The standard InChI is InChI=1S/C15H15ClFNO2/c1-2-20-15-6-4-12(8-13(15)17)18-9-10-7-11(16)3-5-14(10)19/h3-8,18-19H,2,9H2,1H3. The number of ether oxygens (including phenoxy) is 1. The van der Waals surface area contributed by atoms with Crippen LogP contribution in [0.15, 0.2) is 36.4 Å². The Balaban J connectivity index is 2.07. The lowest BCUT2D eigenvalue weighted by molar-refractivity contribution is 0.321.